The van der Waals surface area contributed by atoms with E-state index in [2.05, 4.69) is 25.9 Å². The summed E-state index contributed by atoms with van der Waals surface area (Å²) in [7, 11) is 0. The van der Waals surface area contributed by atoms with Crippen LogP contribution in [0.3, 0.4) is 0 Å². The Morgan fingerprint density at radius 2 is 2.00 bits per heavy atom. The Morgan fingerprint density at radius 1 is 1.27 bits per heavy atom. The van der Waals surface area contributed by atoms with Gasteiger partial charge in [-0.1, -0.05) is 12.1 Å². The molecule has 0 aliphatic carbocycles. The number of nitro groups is 1. The first-order chi connectivity index (χ1) is 10.5. The number of H-pyrrole nitrogens is 1. The van der Waals surface area contributed by atoms with Gasteiger partial charge in [0, 0.05) is 12.1 Å². The molecule has 0 bridgehead atoms. The molecule has 0 amide bonds. The van der Waals surface area contributed by atoms with Crippen molar-refractivity contribution < 1.29 is 10.0 Å². The summed E-state index contributed by atoms with van der Waals surface area (Å²) in [5.74, 6) is -0.172. The Morgan fingerprint density at radius 3 is 2.73 bits per heavy atom. The maximum Gasteiger partial charge on any atom is 0.271 e. The van der Waals surface area contributed by atoms with E-state index in [4.69, 9.17) is 0 Å². The van der Waals surface area contributed by atoms with Crippen molar-refractivity contribution in [3.63, 3.8) is 0 Å². The van der Waals surface area contributed by atoms with E-state index in [0.717, 1.165) is 6.07 Å². The molecule has 8 heteroatoms. The minimum atomic E-state index is -0.590. The van der Waals surface area contributed by atoms with Crippen LogP contribution in [0.5, 0.6) is 5.75 Å². The van der Waals surface area contributed by atoms with Gasteiger partial charge in [-0.25, -0.2) is 4.98 Å². The summed E-state index contributed by atoms with van der Waals surface area (Å²) < 4.78 is 0.146. The highest BCUT2D eigenvalue weighted by atomic mass is 79.9. The second-order valence-electron chi connectivity index (χ2n) is 4.51. The molecule has 0 spiro atoms. The number of nitrogens with one attached hydrogen (secondary N) is 1. The molecule has 2 aromatic carbocycles. The number of hydrogen-bond acceptors (Lipinski definition) is 5. The number of phenols is 1. The number of nitro benzene ring substituents is 1. The highest BCUT2D eigenvalue weighted by molar-refractivity contribution is 9.10. The van der Waals surface area contributed by atoms with Crippen LogP contribution in [0.15, 0.2) is 45.7 Å². The number of nitrogens with zero attached hydrogens (tertiary/aromatic N) is 2. The lowest BCUT2D eigenvalue weighted by atomic mass is 10.1. The van der Waals surface area contributed by atoms with Crippen molar-refractivity contribution in [3.8, 4) is 17.1 Å². The summed E-state index contributed by atoms with van der Waals surface area (Å²) in [4.78, 5) is 29.2. The summed E-state index contributed by atoms with van der Waals surface area (Å²) in [6.45, 7) is 0. The predicted molar refractivity (Wildman–Crippen MR) is 83.8 cm³/mol. The lowest BCUT2D eigenvalue weighted by Crippen LogP contribution is -2.09. The van der Waals surface area contributed by atoms with Crippen molar-refractivity contribution in [2.45, 2.75) is 0 Å². The number of fused-ring (bicyclic) bond motifs is 1. The SMILES string of the molecule is O=c1[nH]c(-c2cc([N+](=O)[O-])cc(Br)c2O)nc2ccccc12. The quantitative estimate of drug-likeness (QED) is 0.538. The molecule has 110 valence electrons. The summed E-state index contributed by atoms with van der Waals surface area (Å²) in [5.41, 5.74) is -0.106. The van der Waals surface area contributed by atoms with Crippen molar-refractivity contribution >= 4 is 32.5 Å². The summed E-state index contributed by atoms with van der Waals surface area (Å²) >= 11 is 3.06. The third kappa shape index (κ3) is 2.33. The van der Waals surface area contributed by atoms with Gasteiger partial charge in [0.15, 0.2) is 0 Å². The van der Waals surface area contributed by atoms with Gasteiger partial charge in [0.05, 0.1) is 25.9 Å². The summed E-state index contributed by atoms with van der Waals surface area (Å²) in [6.07, 6.45) is 0. The minimum absolute atomic E-state index is 0.0607. The Hall–Kier alpha value is -2.74. The van der Waals surface area contributed by atoms with Crippen LogP contribution in [-0.4, -0.2) is 20.0 Å². The maximum absolute atomic E-state index is 12.1. The number of aromatic hydroxyl groups is 1. The van der Waals surface area contributed by atoms with Crippen LogP contribution < -0.4 is 5.56 Å². The van der Waals surface area contributed by atoms with Crippen molar-refractivity contribution in [1.82, 2.24) is 9.97 Å². The van der Waals surface area contributed by atoms with Crippen molar-refractivity contribution in [1.29, 1.82) is 0 Å². The number of halogens is 1. The molecule has 3 aromatic rings. The Kier molecular flexibility index (Phi) is 3.38. The van der Waals surface area contributed by atoms with Crippen molar-refractivity contribution in [3.05, 3.63) is 61.3 Å². The fourth-order valence-electron chi connectivity index (χ4n) is 2.08. The molecule has 7 nitrogen and oxygen atoms in total. The molecule has 0 aliphatic heterocycles. The van der Waals surface area contributed by atoms with Gasteiger partial charge >= 0.3 is 0 Å². The number of aromatic nitrogens is 2. The first-order valence-electron chi connectivity index (χ1n) is 6.13. The van der Waals surface area contributed by atoms with Gasteiger partial charge < -0.3 is 10.1 Å². The standard InChI is InChI=1S/C14H8BrN3O4/c15-10-6-7(18(21)22)5-9(12(10)19)13-16-11-4-2-1-3-8(11)14(20)17-13/h1-6,19H,(H,16,17,20). The molecule has 1 aromatic heterocycles. The fraction of sp³-hybridized carbons (Fsp3) is 0. The van der Waals surface area contributed by atoms with Gasteiger partial charge in [0.25, 0.3) is 11.2 Å². The van der Waals surface area contributed by atoms with Crippen molar-refractivity contribution in [2.75, 3.05) is 0 Å². The number of aromatic amines is 1. The Balaban J connectivity index is 2.32. The molecule has 2 N–H and O–H groups in total. The van der Waals surface area contributed by atoms with E-state index in [1.54, 1.807) is 24.3 Å². The van der Waals surface area contributed by atoms with E-state index in [0.29, 0.717) is 10.9 Å². The second kappa shape index (κ2) is 5.23. The van der Waals surface area contributed by atoms with Crippen LogP contribution in [0, 0.1) is 10.1 Å². The highest BCUT2D eigenvalue weighted by Gasteiger charge is 2.18. The topological polar surface area (TPSA) is 109 Å². The predicted octanol–water partition coefficient (Wildman–Crippen LogP) is 2.97. The molecule has 1 heterocycles. The summed E-state index contributed by atoms with van der Waals surface area (Å²) in [6, 6.07) is 9.04. The third-order valence-electron chi connectivity index (χ3n) is 3.13. The molecule has 0 saturated heterocycles. The zero-order chi connectivity index (χ0) is 15.9. The first-order valence-corrected chi connectivity index (χ1v) is 6.93. The zero-order valence-corrected chi connectivity index (χ0v) is 12.5. The lowest BCUT2D eigenvalue weighted by molar-refractivity contribution is -0.384. The molecular weight excluding hydrogens is 354 g/mol. The smallest absolute Gasteiger partial charge is 0.271 e. The number of hydrogen-bond donors (Lipinski definition) is 2. The monoisotopic (exact) mass is 361 g/mol. The highest BCUT2D eigenvalue weighted by Crippen LogP contribution is 2.37. The molecule has 0 atom stereocenters. The average Bonchev–Trinajstić information content (AvgIpc) is 2.49. The average molecular weight is 362 g/mol. The van der Waals surface area contributed by atoms with Crippen LogP contribution in [0.2, 0.25) is 0 Å². The normalized spacial score (nSPS) is 10.8. The van der Waals surface area contributed by atoms with Gasteiger partial charge in [0.2, 0.25) is 0 Å². The van der Waals surface area contributed by atoms with E-state index in [-0.39, 0.29) is 32.9 Å². The fourth-order valence-corrected chi connectivity index (χ4v) is 2.53. The molecule has 22 heavy (non-hydrogen) atoms. The van der Waals surface area contributed by atoms with Gasteiger partial charge in [-0.2, -0.15) is 0 Å². The van der Waals surface area contributed by atoms with Gasteiger partial charge in [-0.05, 0) is 28.1 Å². The van der Waals surface area contributed by atoms with E-state index >= 15 is 0 Å². The third-order valence-corrected chi connectivity index (χ3v) is 3.73. The molecule has 0 saturated carbocycles. The van der Waals surface area contributed by atoms with Gasteiger partial charge in [-0.3, -0.25) is 14.9 Å². The van der Waals surface area contributed by atoms with Gasteiger partial charge in [-0.15, -0.1) is 0 Å². The number of benzene rings is 2. The molecule has 0 unspecified atom stereocenters. The van der Waals surface area contributed by atoms with Crippen LogP contribution in [0.1, 0.15) is 0 Å². The lowest BCUT2D eigenvalue weighted by Gasteiger charge is -2.07. The number of phenolic OH excluding ortho intramolecular Hbond substituents is 1. The summed E-state index contributed by atoms with van der Waals surface area (Å²) in [5, 5.41) is 21.4. The van der Waals surface area contributed by atoms with Crippen LogP contribution >= 0.6 is 15.9 Å². The van der Waals surface area contributed by atoms with E-state index < -0.39 is 4.92 Å². The number of non-ortho nitro benzene ring substituents is 1. The van der Waals surface area contributed by atoms with E-state index in [9.17, 15) is 20.0 Å². The van der Waals surface area contributed by atoms with Crippen LogP contribution in [-0.2, 0) is 0 Å². The van der Waals surface area contributed by atoms with E-state index in [1.165, 1.54) is 6.07 Å². The Bertz CT molecular complexity index is 968. The Labute approximate surface area is 131 Å². The van der Waals surface area contributed by atoms with Gasteiger partial charge in [0.1, 0.15) is 11.6 Å². The maximum atomic E-state index is 12.1. The van der Waals surface area contributed by atoms with Crippen LogP contribution in [0.4, 0.5) is 5.69 Å². The number of para-hydroxylation sites is 1. The molecule has 0 fully saturated rings. The second-order valence-corrected chi connectivity index (χ2v) is 5.37. The largest absolute Gasteiger partial charge is 0.506 e. The van der Waals surface area contributed by atoms with Crippen molar-refractivity contribution in [2.24, 2.45) is 0 Å². The van der Waals surface area contributed by atoms with E-state index in [1.807, 2.05) is 0 Å². The number of rotatable bonds is 2. The molecule has 0 radical (unpaired) electrons. The molecular formula is C14H8BrN3O4. The zero-order valence-electron chi connectivity index (χ0n) is 10.9. The van der Waals surface area contributed by atoms with Crippen LogP contribution in [0.25, 0.3) is 22.3 Å². The minimum Gasteiger partial charge on any atom is -0.506 e. The molecule has 0 aliphatic rings. The first kappa shape index (κ1) is 14.2. The molecule has 3 rings (SSSR count).